The molecular formula is C19H34N4O3. The van der Waals surface area contributed by atoms with Gasteiger partial charge in [0.1, 0.15) is 6.26 Å². The van der Waals surface area contributed by atoms with E-state index in [1.807, 2.05) is 0 Å². The Labute approximate surface area is 156 Å². The van der Waals surface area contributed by atoms with Crippen LogP contribution in [0.2, 0.25) is 0 Å². The standard InChI is InChI=1S/C19H34N4O3/c1-4-5-6-16(24)12-22-7-9-23(10-8-22)13-18-21-17(14-26-18)19(25)20-11-15(2)3/h14-16,24H,4-13H2,1-3H3,(H,20,25). The topological polar surface area (TPSA) is 81.8 Å². The van der Waals surface area contributed by atoms with Gasteiger partial charge in [-0.05, 0) is 12.3 Å². The van der Waals surface area contributed by atoms with Crippen molar-refractivity contribution in [3.05, 3.63) is 17.8 Å². The molecule has 1 aliphatic heterocycles. The number of aliphatic hydroxyl groups is 1. The molecule has 26 heavy (non-hydrogen) atoms. The average molecular weight is 367 g/mol. The minimum Gasteiger partial charge on any atom is -0.447 e. The van der Waals surface area contributed by atoms with Gasteiger partial charge in [0.2, 0.25) is 5.89 Å². The van der Waals surface area contributed by atoms with Crippen LogP contribution in [-0.4, -0.2) is 71.2 Å². The molecule has 0 aliphatic carbocycles. The second kappa shape index (κ2) is 10.6. The summed E-state index contributed by atoms with van der Waals surface area (Å²) < 4.78 is 5.46. The van der Waals surface area contributed by atoms with Crippen molar-refractivity contribution in [2.75, 3.05) is 39.3 Å². The van der Waals surface area contributed by atoms with Crippen LogP contribution in [0, 0.1) is 5.92 Å². The second-order valence-electron chi connectivity index (χ2n) is 7.60. The first kappa shape index (κ1) is 20.9. The fourth-order valence-corrected chi connectivity index (χ4v) is 3.03. The monoisotopic (exact) mass is 366 g/mol. The van der Waals surface area contributed by atoms with Gasteiger partial charge in [0.25, 0.3) is 5.91 Å². The van der Waals surface area contributed by atoms with E-state index in [-0.39, 0.29) is 12.0 Å². The Bertz CT molecular complexity index is 539. The molecule has 2 N–H and O–H groups in total. The zero-order valence-corrected chi connectivity index (χ0v) is 16.4. The number of carbonyl (C=O) groups excluding carboxylic acids is 1. The Balaban J connectivity index is 1.71. The number of amides is 1. The van der Waals surface area contributed by atoms with E-state index in [0.717, 1.165) is 52.0 Å². The molecule has 0 aromatic carbocycles. The van der Waals surface area contributed by atoms with Crippen LogP contribution in [0.1, 0.15) is 56.4 Å². The number of nitrogens with one attached hydrogen (secondary N) is 1. The number of hydrogen-bond acceptors (Lipinski definition) is 6. The molecule has 1 aromatic heterocycles. The number of nitrogens with zero attached hydrogens (tertiary/aromatic N) is 3. The lowest BCUT2D eigenvalue weighted by Gasteiger charge is -2.35. The van der Waals surface area contributed by atoms with Gasteiger partial charge in [0.05, 0.1) is 12.6 Å². The van der Waals surface area contributed by atoms with E-state index in [0.29, 0.717) is 30.6 Å². The van der Waals surface area contributed by atoms with Crippen LogP contribution in [0.25, 0.3) is 0 Å². The molecule has 2 heterocycles. The van der Waals surface area contributed by atoms with Gasteiger partial charge in [-0.1, -0.05) is 33.6 Å². The molecule has 7 heteroatoms. The number of unbranched alkanes of at least 4 members (excludes halogenated alkanes) is 1. The first-order valence-corrected chi connectivity index (χ1v) is 9.83. The number of β-amino-alcohol motifs (C(OH)–C–C–N with tert-alkyl or cyclic N) is 1. The van der Waals surface area contributed by atoms with Crippen molar-refractivity contribution in [2.45, 2.75) is 52.7 Å². The first-order chi connectivity index (χ1) is 12.5. The van der Waals surface area contributed by atoms with Crippen LogP contribution in [-0.2, 0) is 6.54 Å². The Kier molecular flexibility index (Phi) is 8.54. The minimum absolute atomic E-state index is 0.181. The third kappa shape index (κ3) is 7.05. The van der Waals surface area contributed by atoms with Crippen molar-refractivity contribution in [3.63, 3.8) is 0 Å². The van der Waals surface area contributed by atoms with Gasteiger partial charge in [0, 0.05) is 39.3 Å². The summed E-state index contributed by atoms with van der Waals surface area (Å²) in [4.78, 5) is 20.9. The highest BCUT2D eigenvalue weighted by Crippen LogP contribution is 2.11. The van der Waals surface area contributed by atoms with Crippen LogP contribution >= 0.6 is 0 Å². The van der Waals surface area contributed by atoms with E-state index < -0.39 is 0 Å². The molecule has 1 atom stereocenters. The molecule has 148 valence electrons. The van der Waals surface area contributed by atoms with E-state index in [2.05, 4.69) is 40.9 Å². The summed E-state index contributed by atoms with van der Waals surface area (Å²) in [5.74, 6) is 0.804. The van der Waals surface area contributed by atoms with E-state index in [1.54, 1.807) is 0 Å². The Hall–Kier alpha value is -1.44. The van der Waals surface area contributed by atoms with Crippen molar-refractivity contribution in [2.24, 2.45) is 5.92 Å². The lowest BCUT2D eigenvalue weighted by atomic mass is 10.1. The molecule has 1 aliphatic rings. The lowest BCUT2D eigenvalue weighted by Crippen LogP contribution is -2.48. The molecule has 1 fully saturated rings. The number of rotatable bonds is 10. The first-order valence-electron chi connectivity index (χ1n) is 9.83. The number of aliphatic hydroxyl groups excluding tert-OH is 1. The normalized spacial score (nSPS) is 17.6. The number of hydrogen-bond donors (Lipinski definition) is 2. The maximum Gasteiger partial charge on any atom is 0.273 e. The third-order valence-corrected chi connectivity index (χ3v) is 4.64. The molecule has 0 saturated carbocycles. The fourth-order valence-electron chi connectivity index (χ4n) is 3.03. The van der Waals surface area contributed by atoms with Gasteiger partial charge in [-0.25, -0.2) is 4.98 Å². The zero-order chi connectivity index (χ0) is 18.9. The van der Waals surface area contributed by atoms with Gasteiger partial charge < -0.3 is 14.8 Å². The van der Waals surface area contributed by atoms with E-state index in [1.165, 1.54) is 6.26 Å². The predicted molar refractivity (Wildman–Crippen MR) is 101 cm³/mol. The quantitative estimate of drug-likeness (QED) is 0.656. The second-order valence-corrected chi connectivity index (χ2v) is 7.60. The van der Waals surface area contributed by atoms with Gasteiger partial charge in [0.15, 0.2) is 5.69 Å². The van der Waals surface area contributed by atoms with Crippen molar-refractivity contribution < 1.29 is 14.3 Å². The molecule has 0 spiro atoms. The van der Waals surface area contributed by atoms with Crippen molar-refractivity contribution in [1.29, 1.82) is 0 Å². The third-order valence-electron chi connectivity index (χ3n) is 4.64. The van der Waals surface area contributed by atoms with Gasteiger partial charge in [-0.15, -0.1) is 0 Å². The maximum absolute atomic E-state index is 12.0. The summed E-state index contributed by atoms with van der Waals surface area (Å²) in [6.45, 7) is 12.0. The molecule has 1 saturated heterocycles. The molecule has 2 rings (SSSR count). The number of carbonyl (C=O) groups is 1. The van der Waals surface area contributed by atoms with Crippen LogP contribution in [0.5, 0.6) is 0 Å². The molecule has 7 nitrogen and oxygen atoms in total. The molecule has 1 aromatic rings. The summed E-state index contributed by atoms with van der Waals surface area (Å²) in [6, 6.07) is 0. The summed E-state index contributed by atoms with van der Waals surface area (Å²) in [5.41, 5.74) is 0.346. The molecule has 0 bridgehead atoms. The molecule has 0 radical (unpaired) electrons. The van der Waals surface area contributed by atoms with Crippen molar-refractivity contribution in [3.8, 4) is 0 Å². The minimum atomic E-state index is -0.222. The number of oxazole rings is 1. The van der Waals surface area contributed by atoms with Crippen LogP contribution in [0.3, 0.4) is 0 Å². The highest BCUT2D eigenvalue weighted by atomic mass is 16.3. The summed E-state index contributed by atoms with van der Waals surface area (Å²) in [6.07, 6.45) is 4.30. The number of aromatic nitrogens is 1. The summed E-state index contributed by atoms with van der Waals surface area (Å²) >= 11 is 0. The highest BCUT2D eigenvalue weighted by Gasteiger charge is 2.21. The Morgan fingerprint density at radius 1 is 1.31 bits per heavy atom. The maximum atomic E-state index is 12.0. The molecule has 1 unspecified atom stereocenters. The SMILES string of the molecule is CCCCC(O)CN1CCN(Cc2nc(C(=O)NCC(C)C)co2)CC1. The Morgan fingerprint density at radius 3 is 2.65 bits per heavy atom. The van der Waals surface area contributed by atoms with E-state index in [4.69, 9.17) is 4.42 Å². The largest absolute Gasteiger partial charge is 0.447 e. The average Bonchev–Trinajstić information content (AvgIpc) is 3.08. The van der Waals surface area contributed by atoms with Crippen LogP contribution < -0.4 is 5.32 Å². The molecular weight excluding hydrogens is 332 g/mol. The van der Waals surface area contributed by atoms with E-state index in [9.17, 15) is 9.90 Å². The highest BCUT2D eigenvalue weighted by molar-refractivity contribution is 5.91. The van der Waals surface area contributed by atoms with Crippen LogP contribution in [0.4, 0.5) is 0 Å². The summed E-state index contributed by atoms with van der Waals surface area (Å²) in [7, 11) is 0. The lowest BCUT2D eigenvalue weighted by molar-refractivity contribution is 0.0627. The Morgan fingerprint density at radius 2 is 2.00 bits per heavy atom. The molecule has 1 amide bonds. The van der Waals surface area contributed by atoms with Gasteiger partial charge in [-0.3, -0.25) is 14.6 Å². The smallest absolute Gasteiger partial charge is 0.273 e. The number of piperazine rings is 1. The van der Waals surface area contributed by atoms with Crippen molar-refractivity contribution >= 4 is 5.91 Å². The van der Waals surface area contributed by atoms with Crippen molar-refractivity contribution in [1.82, 2.24) is 20.1 Å². The van der Waals surface area contributed by atoms with E-state index >= 15 is 0 Å². The van der Waals surface area contributed by atoms with Gasteiger partial charge >= 0.3 is 0 Å². The predicted octanol–water partition coefficient (Wildman–Crippen LogP) is 1.73. The zero-order valence-electron chi connectivity index (χ0n) is 16.4. The fraction of sp³-hybridized carbons (Fsp3) is 0.789. The summed E-state index contributed by atoms with van der Waals surface area (Å²) in [5, 5.41) is 12.9. The van der Waals surface area contributed by atoms with Gasteiger partial charge in [-0.2, -0.15) is 0 Å². The van der Waals surface area contributed by atoms with Crippen LogP contribution in [0.15, 0.2) is 10.7 Å².